The second-order valence-electron chi connectivity index (χ2n) is 3.96. The summed E-state index contributed by atoms with van der Waals surface area (Å²) in [6.07, 6.45) is 5.91. The lowest BCUT2D eigenvalue weighted by atomic mass is 10.1. The van der Waals surface area contributed by atoms with Crippen molar-refractivity contribution in [1.82, 2.24) is 4.90 Å². The lowest BCUT2D eigenvalue weighted by molar-refractivity contribution is 0.174. The number of rotatable bonds is 2. The van der Waals surface area contributed by atoms with Gasteiger partial charge in [0, 0.05) is 11.6 Å². The van der Waals surface area contributed by atoms with E-state index in [2.05, 4.69) is 33.8 Å². The Kier molecular flexibility index (Phi) is 3.29. The van der Waals surface area contributed by atoms with Gasteiger partial charge in [-0.1, -0.05) is 6.42 Å². The van der Waals surface area contributed by atoms with Gasteiger partial charge in [-0.2, -0.15) is 0 Å². The number of piperidine rings is 1. The highest BCUT2D eigenvalue weighted by atomic mass is 79.9. The monoisotopic (exact) mass is 257 g/mol. The fourth-order valence-corrected chi connectivity index (χ4v) is 2.42. The fourth-order valence-electron chi connectivity index (χ4n) is 2.06. The molecule has 0 saturated carbocycles. The normalized spacial score (nSPS) is 21.0. The zero-order chi connectivity index (χ0) is 9.97. The van der Waals surface area contributed by atoms with Gasteiger partial charge in [0.15, 0.2) is 4.67 Å². The van der Waals surface area contributed by atoms with Crippen LogP contribution in [-0.2, 0) is 0 Å². The van der Waals surface area contributed by atoms with E-state index in [0.717, 1.165) is 4.67 Å². The van der Waals surface area contributed by atoms with Crippen LogP contribution in [-0.4, -0.2) is 18.0 Å². The minimum absolute atomic E-state index is 0.491. The fraction of sp³-hybridized carbons (Fsp3) is 0.636. The molecule has 78 valence electrons. The van der Waals surface area contributed by atoms with E-state index >= 15 is 0 Å². The number of nitrogens with zero attached hydrogens (tertiary/aromatic N) is 1. The first-order valence-corrected chi connectivity index (χ1v) is 6.04. The van der Waals surface area contributed by atoms with E-state index < -0.39 is 0 Å². The van der Waals surface area contributed by atoms with E-state index in [1.165, 1.54) is 37.9 Å². The molecule has 3 heteroatoms. The summed E-state index contributed by atoms with van der Waals surface area (Å²) in [5, 5.41) is 0. The summed E-state index contributed by atoms with van der Waals surface area (Å²) in [6.45, 7) is 4.70. The third-order valence-corrected chi connectivity index (χ3v) is 3.42. The van der Waals surface area contributed by atoms with E-state index in [1.54, 1.807) is 0 Å². The maximum Gasteiger partial charge on any atom is 0.169 e. The predicted octanol–water partition coefficient (Wildman–Crippen LogP) is 3.59. The SMILES string of the molecule is CC(c1coc(Br)c1)N1CCCCC1. The minimum Gasteiger partial charge on any atom is -0.457 e. The van der Waals surface area contributed by atoms with E-state index in [1.807, 2.05) is 6.26 Å². The van der Waals surface area contributed by atoms with Crippen LogP contribution in [0.3, 0.4) is 0 Å². The number of halogens is 1. The predicted molar refractivity (Wildman–Crippen MR) is 60.2 cm³/mol. The molecule has 1 atom stereocenters. The number of hydrogen-bond acceptors (Lipinski definition) is 2. The first-order chi connectivity index (χ1) is 6.77. The average Bonchev–Trinajstić information content (AvgIpc) is 2.65. The van der Waals surface area contributed by atoms with Crippen molar-refractivity contribution in [2.45, 2.75) is 32.2 Å². The van der Waals surface area contributed by atoms with Gasteiger partial charge >= 0.3 is 0 Å². The van der Waals surface area contributed by atoms with E-state index in [4.69, 9.17) is 4.42 Å². The number of likely N-dealkylation sites (tertiary alicyclic amines) is 1. The molecule has 1 aromatic rings. The third kappa shape index (κ3) is 2.20. The van der Waals surface area contributed by atoms with Crippen LogP contribution < -0.4 is 0 Å². The molecule has 1 aromatic heterocycles. The maximum atomic E-state index is 5.27. The molecule has 2 heterocycles. The van der Waals surface area contributed by atoms with E-state index in [-0.39, 0.29) is 0 Å². The molecule has 0 radical (unpaired) electrons. The lowest BCUT2D eigenvalue weighted by Crippen LogP contribution is -2.32. The average molecular weight is 258 g/mol. The van der Waals surface area contributed by atoms with Crippen molar-refractivity contribution in [1.29, 1.82) is 0 Å². The zero-order valence-corrected chi connectivity index (χ0v) is 10.1. The molecule has 14 heavy (non-hydrogen) atoms. The standard InChI is InChI=1S/C11H16BrNO/c1-9(10-7-11(12)14-8-10)13-5-3-2-4-6-13/h7-9H,2-6H2,1H3. The zero-order valence-electron chi connectivity index (χ0n) is 8.50. The first kappa shape index (κ1) is 10.2. The molecule has 1 saturated heterocycles. The molecule has 0 spiro atoms. The van der Waals surface area contributed by atoms with Crippen LogP contribution in [0.5, 0.6) is 0 Å². The van der Waals surface area contributed by atoms with Crippen LogP contribution in [0.2, 0.25) is 0 Å². The summed E-state index contributed by atoms with van der Waals surface area (Å²) in [7, 11) is 0. The molecule has 0 aromatic carbocycles. The van der Waals surface area contributed by atoms with E-state index in [9.17, 15) is 0 Å². The molecular weight excluding hydrogens is 242 g/mol. The van der Waals surface area contributed by atoms with Gasteiger partial charge in [-0.05, 0) is 54.9 Å². The summed E-state index contributed by atoms with van der Waals surface area (Å²) in [5.74, 6) is 0. The van der Waals surface area contributed by atoms with Gasteiger partial charge in [0.25, 0.3) is 0 Å². The molecular formula is C11H16BrNO. The molecule has 0 N–H and O–H groups in total. The molecule has 2 rings (SSSR count). The van der Waals surface area contributed by atoms with Crippen molar-refractivity contribution in [3.8, 4) is 0 Å². The summed E-state index contributed by atoms with van der Waals surface area (Å²) in [4.78, 5) is 2.53. The van der Waals surface area contributed by atoms with Crippen molar-refractivity contribution in [2.75, 3.05) is 13.1 Å². The number of hydrogen-bond donors (Lipinski definition) is 0. The molecule has 1 aliphatic rings. The lowest BCUT2D eigenvalue weighted by Gasteiger charge is -2.31. The van der Waals surface area contributed by atoms with Crippen LogP contribution in [0.25, 0.3) is 0 Å². The van der Waals surface area contributed by atoms with Crippen molar-refractivity contribution in [2.24, 2.45) is 0 Å². The highest BCUT2D eigenvalue weighted by Crippen LogP contribution is 2.27. The van der Waals surface area contributed by atoms with Gasteiger partial charge in [-0.15, -0.1) is 0 Å². The Morgan fingerprint density at radius 3 is 2.64 bits per heavy atom. The van der Waals surface area contributed by atoms with Gasteiger partial charge in [-0.25, -0.2) is 0 Å². The topological polar surface area (TPSA) is 16.4 Å². The van der Waals surface area contributed by atoms with E-state index in [0.29, 0.717) is 6.04 Å². The highest BCUT2D eigenvalue weighted by molar-refractivity contribution is 9.10. The highest BCUT2D eigenvalue weighted by Gasteiger charge is 2.19. The first-order valence-electron chi connectivity index (χ1n) is 5.25. The Labute approximate surface area is 93.4 Å². The van der Waals surface area contributed by atoms with Gasteiger partial charge < -0.3 is 4.42 Å². The molecule has 1 aliphatic heterocycles. The molecule has 0 amide bonds. The van der Waals surface area contributed by atoms with Crippen LogP contribution in [0.4, 0.5) is 0 Å². The Bertz CT molecular complexity index is 291. The summed E-state index contributed by atoms with van der Waals surface area (Å²) in [6, 6.07) is 2.56. The third-order valence-electron chi connectivity index (χ3n) is 3.01. The molecule has 1 unspecified atom stereocenters. The summed E-state index contributed by atoms with van der Waals surface area (Å²) < 4.78 is 6.10. The summed E-state index contributed by atoms with van der Waals surface area (Å²) in [5.41, 5.74) is 1.28. The second kappa shape index (κ2) is 4.49. The molecule has 1 fully saturated rings. The number of furan rings is 1. The molecule has 0 aliphatic carbocycles. The smallest absolute Gasteiger partial charge is 0.169 e. The Balaban J connectivity index is 2.03. The van der Waals surface area contributed by atoms with Crippen LogP contribution in [0.15, 0.2) is 21.4 Å². The minimum atomic E-state index is 0.491. The van der Waals surface area contributed by atoms with Crippen LogP contribution in [0.1, 0.15) is 37.8 Å². The van der Waals surface area contributed by atoms with Crippen LogP contribution >= 0.6 is 15.9 Å². The van der Waals surface area contributed by atoms with Crippen molar-refractivity contribution in [3.05, 3.63) is 22.6 Å². The largest absolute Gasteiger partial charge is 0.457 e. The van der Waals surface area contributed by atoms with Gasteiger partial charge in [0.2, 0.25) is 0 Å². The molecule has 2 nitrogen and oxygen atoms in total. The molecule has 0 bridgehead atoms. The Morgan fingerprint density at radius 1 is 1.36 bits per heavy atom. The van der Waals surface area contributed by atoms with Gasteiger partial charge in [-0.3, -0.25) is 4.90 Å². The van der Waals surface area contributed by atoms with Crippen molar-refractivity contribution < 1.29 is 4.42 Å². The van der Waals surface area contributed by atoms with Crippen LogP contribution in [0, 0.1) is 0 Å². The quantitative estimate of drug-likeness (QED) is 0.806. The van der Waals surface area contributed by atoms with Gasteiger partial charge in [0.1, 0.15) is 0 Å². The van der Waals surface area contributed by atoms with Crippen molar-refractivity contribution in [3.63, 3.8) is 0 Å². The van der Waals surface area contributed by atoms with Crippen molar-refractivity contribution >= 4 is 15.9 Å². The Morgan fingerprint density at radius 2 is 2.07 bits per heavy atom. The Hall–Kier alpha value is -0.280. The maximum absolute atomic E-state index is 5.27. The van der Waals surface area contributed by atoms with Gasteiger partial charge in [0.05, 0.1) is 6.26 Å². The second-order valence-corrected chi connectivity index (χ2v) is 4.74. The summed E-state index contributed by atoms with van der Waals surface area (Å²) >= 11 is 3.34.